The van der Waals surface area contributed by atoms with E-state index in [0.29, 0.717) is 12.1 Å². The second-order valence-corrected chi connectivity index (χ2v) is 3.51. The minimum atomic E-state index is 0.690. The first kappa shape index (κ1) is 8.62. The van der Waals surface area contributed by atoms with Gasteiger partial charge in [0.05, 0.1) is 6.54 Å². The molecule has 1 aliphatic rings. The smallest absolute Gasteiger partial charge is 0.0603 e. The number of hydrogen-bond acceptors (Lipinski definition) is 1. The van der Waals surface area contributed by atoms with Crippen LogP contribution in [0.1, 0.15) is 33.1 Å². The molecule has 11 heavy (non-hydrogen) atoms. The van der Waals surface area contributed by atoms with Crippen LogP contribution >= 0.6 is 0 Å². The lowest BCUT2D eigenvalue weighted by atomic mass is 9.98. The van der Waals surface area contributed by atoms with Gasteiger partial charge in [0.1, 0.15) is 0 Å². The molecular formula is C10H17N. The van der Waals surface area contributed by atoms with Gasteiger partial charge in [-0.15, -0.1) is 6.42 Å². The van der Waals surface area contributed by atoms with E-state index in [-0.39, 0.29) is 0 Å². The number of nitrogens with zero attached hydrogens (tertiary/aromatic N) is 1. The van der Waals surface area contributed by atoms with E-state index in [9.17, 15) is 0 Å². The van der Waals surface area contributed by atoms with Crippen LogP contribution in [0.25, 0.3) is 0 Å². The van der Waals surface area contributed by atoms with Crippen molar-refractivity contribution in [2.45, 2.75) is 45.2 Å². The molecule has 0 saturated carbocycles. The molecule has 1 nitrogen and oxygen atoms in total. The Bertz CT molecular complexity index is 147. The highest BCUT2D eigenvalue weighted by atomic mass is 15.2. The highest BCUT2D eigenvalue weighted by molar-refractivity contribution is 4.92. The van der Waals surface area contributed by atoms with E-state index in [1.165, 1.54) is 19.3 Å². The van der Waals surface area contributed by atoms with Crippen LogP contribution in [-0.2, 0) is 0 Å². The molecule has 1 rings (SSSR count). The van der Waals surface area contributed by atoms with Gasteiger partial charge in [-0.25, -0.2) is 0 Å². The van der Waals surface area contributed by atoms with Crippen molar-refractivity contribution in [3.63, 3.8) is 0 Å². The molecule has 62 valence electrons. The van der Waals surface area contributed by atoms with Crippen LogP contribution < -0.4 is 0 Å². The van der Waals surface area contributed by atoms with E-state index >= 15 is 0 Å². The molecule has 0 aromatic heterocycles. The largest absolute Gasteiger partial charge is 0.287 e. The maximum absolute atomic E-state index is 5.29. The average Bonchev–Trinajstić information content (AvgIpc) is 1.97. The fraction of sp³-hybridized carbons (Fsp3) is 0.800. The summed E-state index contributed by atoms with van der Waals surface area (Å²) >= 11 is 0. The van der Waals surface area contributed by atoms with Gasteiger partial charge in [-0.1, -0.05) is 12.3 Å². The van der Waals surface area contributed by atoms with Crippen LogP contribution in [0.4, 0.5) is 0 Å². The minimum Gasteiger partial charge on any atom is -0.287 e. The Balaban J connectivity index is 2.49. The zero-order chi connectivity index (χ0) is 8.27. The predicted molar refractivity (Wildman–Crippen MR) is 48.3 cm³/mol. The zero-order valence-corrected chi connectivity index (χ0v) is 7.51. The van der Waals surface area contributed by atoms with Gasteiger partial charge in [0.25, 0.3) is 0 Å². The Kier molecular flexibility index (Phi) is 2.96. The van der Waals surface area contributed by atoms with Crippen LogP contribution in [0.2, 0.25) is 0 Å². The van der Waals surface area contributed by atoms with E-state index in [2.05, 4.69) is 24.7 Å². The fourth-order valence-corrected chi connectivity index (χ4v) is 1.89. The molecule has 0 aromatic rings. The predicted octanol–water partition coefficient (Wildman–Crippen LogP) is 1.88. The molecule has 0 radical (unpaired) electrons. The van der Waals surface area contributed by atoms with Gasteiger partial charge in [-0.3, -0.25) is 4.90 Å². The van der Waals surface area contributed by atoms with E-state index in [1.807, 2.05) is 0 Å². The first-order valence-electron chi connectivity index (χ1n) is 4.45. The monoisotopic (exact) mass is 151 g/mol. The first-order chi connectivity index (χ1) is 5.25. The first-order valence-corrected chi connectivity index (χ1v) is 4.45. The standard InChI is InChI=1S/C10H17N/c1-4-8-11-9(2)6-5-7-10(11)3/h1,9-10H,5-8H2,2-3H3/t9-,10-/m1/s1. The Morgan fingerprint density at radius 2 is 1.91 bits per heavy atom. The molecule has 0 aromatic carbocycles. The van der Waals surface area contributed by atoms with Crippen LogP contribution in [-0.4, -0.2) is 23.5 Å². The van der Waals surface area contributed by atoms with Gasteiger partial charge in [0, 0.05) is 12.1 Å². The number of likely N-dealkylation sites (tertiary alicyclic amines) is 1. The Morgan fingerprint density at radius 1 is 1.36 bits per heavy atom. The highest BCUT2D eigenvalue weighted by Crippen LogP contribution is 2.21. The lowest BCUT2D eigenvalue weighted by Gasteiger charge is -2.37. The molecule has 1 saturated heterocycles. The summed E-state index contributed by atoms with van der Waals surface area (Å²) in [5.41, 5.74) is 0. The second kappa shape index (κ2) is 3.78. The Labute approximate surface area is 69.8 Å². The molecule has 0 bridgehead atoms. The summed E-state index contributed by atoms with van der Waals surface area (Å²) in [6.07, 6.45) is 9.28. The van der Waals surface area contributed by atoms with Gasteiger partial charge in [0.15, 0.2) is 0 Å². The number of hydrogen-bond donors (Lipinski definition) is 0. The van der Waals surface area contributed by atoms with Crippen molar-refractivity contribution in [2.24, 2.45) is 0 Å². The van der Waals surface area contributed by atoms with Crippen LogP contribution in [0, 0.1) is 12.3 Å². The van der Waals surface area contributed by atoms with Crippen LogP contribution in [0.5, 0.6) is 0 Å². The molecule has 0 amide bonds. The molecule has 0 N–H and O–H groups in total. The topological polar surface area (TPSA) is 3.24 Å². The minimum absolute atomic E-state index is 0.690. The van der Waals surface area contributed by atoms with Gasteiger partial charge in [-0.2, -0.15) is 0 Å². The average molecular weight is 151 g/mol. The summed E-state index contributed by atoms with van der Waals surface area (Å²) in [4.78, 5) is 2.42. The third-order valence-electron chi connectivity index (χ3n) is 2.65. The van der Waals surface area contributed by atoms with E-state index in [1.54, 1.807) is 0 Å². The summed E-state index contributed by atoms with van der Waals surface area (Å²) in [7, 11) is 0. The molecule has 2 atom stereocenters. The lowest BCUT2D eigenvalue weighted by Crippen LogP contribution is -2.43. The van der Waals surface area contributed by atoms with Crippen molar-refractivity contribution in [1.29, 1.82) is 0 Å². The fourth-order valence-electron chi connectivity index (χ4n) is 1.89. The van der Waals surface area contributed by atoms with Gasteiger partial charge in [-0.05, 0) is 26.7 Å². The van der Waals surface area contributed by atoms with Gasteiger partial charge < -0.3 is 0 Å². The maximum Gasteiger partial charge on any atom is 0.0603 e. The van der Waals surface area contributed by atoms with E-state index in [4.69, 9.17) is 6.42 Å². The summed E-state index contributed by atoms with van der Waals surface area (Å²) in [6, 6.07) is 1.38. The summed E-state index contributed by atoms with van der Waals surface area (Å²) < 4.78 is 0. The van der Waals surface area contributed by atoms with Crippen LogP contribution in [0.15, 0.2) is 0 Å². The van der Waals surface area contributed by atoms with Crippen molar-refractivity contribution >= 4 is 0 Å². The summed E-state index contributed by atoms with van der Waals surface area (Å²) in [5.74, 6) is 2.72. The molecule has 1 heterocycles. The van der Waals surface area contributed by atoms with E-state index < -0.39 is 0 Å². The molecular weight excluding hydrogens is 134 g/mol. The lowest BCUT2D eigenvalue weighted by molar-refractivity contribution is 0.121. The third kappa shape index (κ3) is 1.97. The quantitative estimate of drug-likeness (QED) is 0.517. The third-order valence-corrected chi connectivity index (χ3v) is 2.65. The zero-order valence-electron chi connectivity index (χ0n) is 7.51. The molecule has 1 heteroatoms. The van der Waals surface area contributed by atoms with Crippen molar-refractivity contribution in [1.82, 2.24) is 4.90 Å². The molecule has 0 aliphatic carbocycles. The van der Waals surface area contributed by atoms with Crippen molar-refractivity contribution in [3.05, 3.63) is 0 Å². The summed E-state index contributed by atoms with van der Waals surface area (Å²) in [5, 5.41) is 0. The second-order valence-electron chi connectivity index (χ2n) is 3.51. The summed E-state index contributed by atoms with van der Waals surface area (Å²) in [6.45, 7) is 5.36. The number of piperidine rings is 1. The SMILES string of the molecule is C#CCN1[C@H](C)CCC[C@H]1C. The number of rotatable bonds is 1. The molecule has 0 unspecified atom stereocenters. The highest BCUT2D eigenvalue weighted by Gasteiger charge is 2.22. The Morgan fingerprint density at radius 3 is 2.36 bits per heavy atom. The maximum atomic E-state index is 5.29. The number of terminal acetylenes is 1. The van der Waals surface area contributed by atoms with Crippen LogP contribution in [0.3, 0.4) is 0 Å². The van der Waals surface area contributed by atoms with Crippen molar-refractivity contribution in [2.75, 3.05) is 6.54 Å². The van der Waals surface area contributed by atoms with Crippen molar-refractivity contribution in [3.8, 4) is 12.3 Å². The molecule has 1 fully saturated rings. The van der Waals surface area contributed by atoms with Gasteiger partial charge in [0.2, 0.25) is 0 Å². The van der Waals surface area contributed by atoms with Crippen molar-refractivity contribution < 1.29 is 0 Å². The van der Waals surface area contributed by atoms with Gasteiger partial charge >= 0.3 is 0 Å². The molecule has 1 aliphatic heterocycles. The Hall–Kier alpha value is -0.480. The normalized spacial score (nSPS) is 33.2. The molecule has 0 spiro atoms. The van der Waals surface area contributed by atoms with E-state index in [0.717, 1.165) is 6.54 Å².